The molecule has 0 spiro atoms. The monoisotopic (exact) mass is 356 g/mol. The van der Waals surface area contributed by atoms with E-state index in [2.05, 4.69) is 12.2 Å². The quantitative estimate of drug-likeness (QED) is 0.823. The molecule has 4 nitrogen and oxygen atoms in total. The van der Waals surface area contributed by atoms with E-state index in [-0.39, 0.29) is 5.91 Å². The number of benzene rings is 1. The first kappa shape index (κ1) is 17.7. The van der Waals surface area contributed by atoms with Crippen LogP contribution in [0.3, 0.4) is 0 Å². The lowest BCUT2D eigenvalue weighted by atomic mass is 9.85. The van der Waals surface area contributed by atoms with Crippen molar-refractivity contribution < 1.29 is 9.59 Å². The summed E-state index contributed by atoms with van der Waals surface area (Å²) in [6.07, 6.45) is 5.16. The second-order valence-corrected chi connectivity index (χ2v) is 7.73. The molecule has 0 saturated carbocycles. The van der Waals surface area contributed by atoms with Gasteiger partial charge in [0.25, 0.3) is 5.91 Å². The number of primary amides is 1. The molecule has 25 heavy (non-hydrogen) atoms. The van der Waals surface area contributed by atoms with Crippen molar-refractivity contribution in [2.24, 2.45) is 11.7 Å². The number of hydrogen-bond acceptors (Lipinski definition) is 3. The Morgan fingerprint density at radius 1 is 1.28 bits per heavy atom. The maximum absolute atomic E-state index is 12.3. The van der Waals surface area contributed by atoms with Crippen LogP contribution in [0.15, 0.2) is 30.3 Å². The number of fused-ring (bicyclic) bond motifs is 1. The number of aryl methyl sites for hydroxylation is 1. The lowest BCUT2D eigenvalue weighted by Gasteiger charge is -2.20. The van der Waals surface area contributed by atoms with E-state index in [1.54, 1.807) is 0 Å². The molecule has 0 saturated heterocycles. The predicted octanol–water partition coefficient (Wildman–Crippen LogP) is 3.93. The van der Waals surface area contributed by atoms with Crippen LogP contribution in [-0.4, -0.2) is 11.8 Å². The van der Waals surface area contributed by atoms with Gasteiger partial charge in [0.1, 0.15) is 5.00 Å². The average molecular weight is 356 g/mol. The number of thiophene rings is 1. The third kappa shape index (κ3) is 4.10. The molecule has 3 rings (SSSR count). The Morgan fingerprint density at radius 3 is 2.72 bits per heavy atom. The number of carbonyl (C=O) groups excluding carboxylic acids is 2. The van der Waals surface area contributed by atoms with Gasteiger partial charge in [0.15, 0.2) is 0 Å². The van der Waals surface area contributed by atoms with Gasteiger partial charge in [-0.2, -0.15) is 0 Å². The fourth-order valence-corrected chi connectivity index (χ4v) is 4.83. The normalized spacial score (nSPS) is 16.3. The third-order valence-electron chi connectivity index (χ3n) is 4.93. The van der Waals surface area contributed by atoms with Crippen molar-refractivity contribution in [2.45, 2.75) is 45.4 Å². The minimum absolute atomic E-state index is 0.0722. The highest BCUT2D eigenvalue weighted by Gasteiger charge is 2.27. The largest absolute Gasteiger partial charge is 0.365 e. The van der Waals surface area contributed by atoms with Gasteiger partial charge in [-0.3, -0.25) is 9.59 Å². The molecule has 0 fully saturated rings. The van der Waals surface area contributed by atoms with E-state index in [1.807, 2.05) is 30.3 Å². The Labute approximate surface area is 152 Å². The van der Waals surface area contributed by atoms with Crippen LogP contribution < -0.4 is 11.1 Å². The van der Waals surface area contributed by atoms with E-state index in [0.29, 0.717) is 29.3 Å². The Morgan fingerprint density at radius 2 is 2.04 bits per heavy atom. The maximum Gasteiger partial charge on any atom is 0.251 e. The fraction of sp³-hybridized carbons (Fsp3) is 0.400. The number of nitrogens with two attached hydrogens (primary N) is 1. The van der Waals surface area contributed by atoms with Crippen LogP contribution >= 0.6 is 11.3 Å². The molecule has 0 aliphatic heterocycles. The van der Waals surface area contributed by atoms with E-state index in [9.17, 15) is 9.59 Å². The highest BCUT2D eigenvalue weighted by Crippen LogP contribution is 2.40. The molecule has 2 amide bonds. The van der Waals surface area contributed by atoms with Crippen molar-refractivity contribution in [3.8, 4) is 0 Å². The summed E-state index contributed by atoms with van der Waals surface area (Å²) in [7, 11) is 0. The lowest BCUT2D eigenvalue weighted by molar-refractivity contribution is -0.116. The van der Waals surface area contributed by atoms with Crippen LogP contribution in [0.4, 0.5) is 5.00 Å². The van der Waals surface area contributed by atoms with Crippen molar-refractivity contribution in [2.75, 3.05) is 5.32 Å². The van der Waals surface area contributed by atoms with Crippen LogP contribution in [0.5, 0.6) is 0 Å². The molecule has 1 aromatic heterocycles. The van der Waals surface area contributed by atoms with Crippen LogP contribution in [0.1, 0.15) is 52.5 Å². The van der Waals surface area contributed by atoms with Gasteiger partial charge in [0, 0.05) is 11.3 Å². The summed E-state index contributed by atoms with van der Waals surface area (Å²) < 4.78 is 0. The van der Waals surface area contributed by atoms with Crippen molar-refractivity contribution >= 4 is 28.2 Å². The van der Waals surface area contributed by atoms with Gasteiger partial charge in [0.05, 0.1) is 5.56 Å². The van der Waals surface area contributed by atoms with E-state index in [4.69, 9.17) is 5.73 Å². The number of nitrogens with one attached hydrogen (secondary N) is 1. The molecule has 2 aromatic rings. The second kappa shape index (κ2) is 7.83. The van der Waals surface area contributed by atoms with Gasteiger partial charge < -0.3 is 11.1 Å². The van der Waals surface area contributed by atoms with Crippen LogP contribution in [0.25, 0.3) is 0 Å². The van der Waals surface area contributed by atoms with Gasteiger partial charge in [0.2, 0.25) is 5.91 Å². The zero-order valence-corrected chi connectivity index (χ0v) is 15.3. The third-order valence-corrected chi connectivity index (χ3v) is 6.10. The van der Waals surface area contributed by atoms with E-state index >= 15 is 0 Å². The first-order valence-corrected chi connectivity index (χ1v) is 9.68. The van der Waals surface area contributed by atoms with Crippen molar-refractivity contribution in [1.82, 2.24) is 0 Å². The number of amides is 2. The van der Waals surface area contributed by atoms with Gasteiger partial charge >= 0.3 is 0 Å². The van der Waals surface area contributed by atoms with Gasteiger partial charge in [-0.25, -0.2) is 0 Å². The predicted molar refractivity (Wildman–Crippen MR) is 102 cm³/mol. The van der Waals surface area contributed by atoms with Crippen LogP contribution in [0.2, 0.25) is 0 Å². The molecule has 1 aliphatic carbocycles. The lowest BCUT2D eigenvalue weighted by Crippen LogP contribution is -2.19. The Hall–Kier alpha value is -2.14. The first-order valence-electron chi connectivity index (χ1n) is 8.86. The zero-order valence-electron chi connectivity index (χ0n) is 14.5. The SMILES string of the molecule is CC[C@@H]1CCc2c(sc(NC(=O)CCc3ccccc3)c2C(N)=O)C1. The summed E-state index contributed by atoms with van der Waals surface area (Å²) in [5, 5.41) is 3.56. The van der Waals surface area contributed by atoms with Crippen LogP contribution in [-0.2, 0) is 24.1 Å². The average Bonchev–Trinajstić information content (AvgIpc) is 2.97. The highest BCUT2D eigenvalue weighted by molar-refractivity contribution is 7.17. The molecule has 1 heterocycles. The Kier molecular flexibility index (Phi) is 5.53. The zero-order chi connectivity index (χ0) is 17.8. The standard InChI is InChI=1S/C20H24N2O2S/c1-2-13-8-10-15-16(12-13)25-20(18(15)19(21)24)22-17(23)11-9-14-6-4-3-5-7-14/h3-7,13H,2,8-12H2,1H3,(H2,21,24)(H,22,23)/t13-/m1/s1. The summed E-state index contributed by atoms with van der Waals surface area (Å²) in [4.78, 5) is 25.5. The van der Waals surface area contributed by atoms with E-state index < -0.39 is 5.91 Å². The minimum atomic E-state index is -0.439. The highest BCUT2D eigenvalue weighted by atomic mass is 32.1. The smallest absolute Gasteiger partial charge is 0.251 e. The van der Waals surface area contributed by atoms with Gasteiger partial charge in [-0.15, -0.1) is 11.3 Å². The fourth-order valence-electron chi connectivity index (χ4n) is 3.44. The molecule has 132 valence electrons. The van der Waals surface area contributed by atoms with Gasteiger partial charge in [-0.05, 0) is 42.7 Å². The molecule has 1 aromatic carbocycles. The molecular formula is C20H24N2O2S. The number of anilines is 1. The molecule has 5 heteroatoms. The van der Waals surface area contributed by atoms with Crippen molar-refractivity contribution in [1.29, 1.82) is 0 Å². The number of hydrogen-bond donors (Lipinski definition) is 2. The molecule has 1 aliphatic rings. The molecule has 0 bridgehead atoms. The number of rotatable bonds is 6. The van der Waals surface area contributed by atoms with E-state index in [1.165, 1.54) is 16.2 Å². The topological polar surface area (TPSA) is 72.2 Å². The van der Waals surface area contributed by atoms with E-state index in [0.717, 1.165) is 36.8 Å². The summed E-state index contributed by atoms with van der Waals surface area (Å²) in [6.45, 7) is 2.20. The van der Waals surface area contributed by atoms with Crippen molar-refractivity contribution in [3.63, 3.8) is 0 Å². The Balaban J connectivity index is 1.72. The first-order chi connectivity index (χ1) is 12.1. The second-order valence-electron chi connectivity index (χ2n) is 6.62. The molecule has 3 N–H and O–H groups in total. The summed E-state index contributed by atoms with van der Waals surface area (Å²) in [5.41, 5.74) is 8.32. The molecular weight excluding hydrogens is 332 g/mol. The van der Waals surface area contributed by atoms with Gasteiger partial charge in [-0.1, -0.05) is 43.7 Å². The summed E-state index contributed by atoms with van der Waals surface area (Å²) >= 11 is 1.53. The van der Waals surface area contributed by atoms with Crippen LogP contribution in [0, 0.1) is 5.92 Å². The molecule has 0 radical (unpaired) electrons. The summed E-state index contributed by atoms with van der Waals surface area (Å²) in [5.74, 6) is 0.149. The summed E-state index contributed by atoms with van der Waals surface area (Å²) in [6, 6.07) is 9.92. The minimum Gasteiger partial charge on any atom is -0.365 e. The van der Waals surface area contributed by atoms with Crippen molar-refractivity contribution in [3.05, 3.63) is 51.9 Å². The molecule has 1 atom stereocenters. The maximum atomic E-state index is 12.3. The Bertz CT molecular complexity index is 768. The number of carbonyl (C=O) groups is 2. The molecule has 0 unspecified atom stereocenters.